The molecule has 0 aromatic rings. The van der Waals surface area contributed by atoms with Crippen LogP contribution in [0.4, 0.5) is 0 Å². The van der Waals surface area contributed by atoms with Crippen molar-refractivity contribution < 1.29 is 22.9 Å². The molecule has 0 spiro atoms. The Labute approximate surface area is 208 Å². The Bertz CT molecular complexity index is 495. The molecule has 0 aliphatic carbocycles. The van der Waals surface area contributed by atoms with Crippen molar-refractivity contribution in [1.82, 2.24) is 0 Å². The van der Waals surface area contributed by atoms with E-state index in [2.05, 4.69) is 55.2 Å². The molecule has 2 N–H and O–H groups in total. The van der Waals surface area contributed by atoms with Crippen LogP contribution in [0.15, 0.2) is 0 Å². The van der Waals surface area contributed by atoms with Gasteiger partial charge in [-0.25, -0.2) is 0 Å². The Morgan fingerprint density at radius 2 is 1.42 bits per heavy atom. The van der Waals surface area contributed by atoms with Crippen molar-refractivity contribution in [2.24, 2.45) is 0 Å². The molecule has 0 aliphatic heterocycles. The third kappa shape index (κ3) is 17.5. The summed E-state index contributed by atoms with van der Waals surface area (Å²) in [6.07, 6.45) is -0.137. The maximum Gasteiger partial charge on any atom is 0.335 e. The zero-order chi connectivity index (χ0) is 24.3. The molecular weight excluding hydrogens is 551 g/mol. The lowest BCUT2D eigenvalue weighted by molar-refractivity contribution is 0.251. The molecule has 5 nitrogen and oxygen atoms in total. The number of hydrogen-bond donors (Lipinski definition) is 2. The minimum atomic E-state index is -2.10. The average molecular weight is 599 g/mol. The molecule has 0 radical (unpaired) electrons. The highest BCUT2D eigenvalue weighted by atomic mass is 32.6. The lowest BCUT2D eigenvalue weighted by Gasteiger charge is -2.31. The summed E-state index contributed by atoms with van der Waals surface area (Å²) in [4.78, 5) is 20.9. The van der Waals surface area contributed by atoms with Crippen LogP contribution in [-0.4, -0.2) is 94.3 Å². The van der Waals surface area contributed by atoms with Gasteiger partial charge in [0.1, 0.15) is 0 Å². The van der Waals surface area contributed by atoms with Crippen molar-refractivity contribution >= 4 is 78.1 Å². The van der Waals surface area contributed by atoms with Gasteiger partial charge in [-0.15, -0.1) is 0 Å². The molecule has 0 aromatic heterocycles. The standard InChI is InChI=1S/C17H48O5P2S2Si5/c1-20-27(24(17-29(6,7)19)23-16-28(4,5)18)14-11-12-25-30(8,9)26-13-15-31(10,21-2)22-3/h18-19,23,27H,11-17H2,1-10H3. The zero-order valence-corrected chi connectivity index (χ0v) is 30.1. The van der Waals surface area contributed by atoms with Crippen LogP contribution < -0.4 is 0 Å². The lowest BCUT2D eigenvalue weighted by atomic mass is 10.6. The fourth-order valence-corrected chi connectivity index (χ4v) is 47.1. The van der Waals surface area contributed by atoms with Crippen LogP contribution in [0, 0.1) is 0 Å². The van der Waals surface area contributed by atoms with Crippen LogP contribution in [0.25, 0.3) is 0 Å². The Morgan fingerprint density at radius 3 is 1.87 bits per heavy atom. The lowest BCUT2D eigenvalue weighted by Crippen LogP contribution is -2.37. The molecule has 31 heavy (non-hydrogen) atoms. The molecule has 0 heterocycles. The topological polar surface area (TPSA) is 68.2 Å². The third-order valence-corrected chi connectivity index (χ3v) is 42.4. The average Bonchev–Trinajstić information content (AvgIpc) is 2.63. The SMILES string of the molecule is CO[SiH](CCCS[Si](C)(C)SCC[Si](C)(OC)OC)P(C[Si](C)(C)O)PC[Si](C)(C)O. The Kier molecular flexibility index (Phi) is 16.8. The molecule has 0 bridgehead atoms. The van der Waals surface area contributed by atoms with Crippen molar-refractivity contribution in [2.75, 3.05) is 44.4 Å². The van der Waals surface area contributed by atoms with Crippen molar-refractivity contribution in [3.63, 3.8) is 0 Å². The van der Waals surface area contributed by atoms with Gasteiger partial charge >= 0.3 is 8.56 Å². The molecule has 0 aromatic carbocycles. The molecule has 0 saturated heterocycles. The second-order valence-corrected chi connectivity index (χ2v) is 47.2. The minimum Gasteiger partial charge on any atom is -0.432 e. The summed E-state index contributed by atoms with van der Waals surface area (Å²) < 4.78 is 17.3. The summed E-state index contributed by atoms with van der Waals surface area (Å²) in [5.74, 6) is 4.28. The quantitative estimate of drug-likeness (QED) is 0.126. The monoisotopic (exact) mass is 598 g/mol. The van der Waals surface area contributed by atoms with Gasteiger partial charge in [0.2, 0.25) is 8.71 Å². The van der Waals surface area contributed by atoms with Gasteiger partial charge in [0, 0.05) is 21.3 Å². The first-order valence-electron chi connectivity index (χ1n) is 10.9. The van der Waals surface area contributed by atoms with Crippen LogP contribution in [0.3, 0.4) is 0 Å². The van der Waals surface area contributed by atoms with E-state index in [-0.39, 0.29) is 7.16 Å². The van der Waals surface area contributed by atoms with Crippen LogP contribution in [0.5, 0.6) is 0 Å². The van der Waals surface area contributed by atoms with Crippen molar-refractivity contribution in [3.8, 4) is 0 Å². The molecule has 3 unspecified atom stereocenters. The van der Waals surface area contributed by atoms with E-state index in [1.165, 1.54) is 18.2 Å². The predicted molar refractivity (Wildman–Crippen MR) is 161 cm³/mol. The maximum absolute atomic E-state index is 10.6. The van der Waals surface area contributed by atoms with E-state index >= 15 is 0 Å². The summed E-state index contributed by atoms with van der Waals surface area (Å²) in [6.45, 7) is 15.2. The highest BCUT2D eigenvalue weighted by Gasteiger charge is 2.33. The van der Waals surface area contributed by atoms with Crippen molar-refractivity contribution in [1.29, 1.82) is 0 Å². The first-order valence-corrected chi connectivity index (χ1v) is 32.7. The molecule has 0 fully saturated rings. The van der Waals surface area contributed by atoms with Gasteiger partial charge in [-0.3, -0.25) is 0 Å². The highest BCUT2D eigenvalue weighted by molar-refractivity contribution is 8.58. The normalized spacial score (nSPS) is 16.3. The molecule has 3 atom stereocenters. The maximum atomic E-state index is 10.6. The van der Waals surface area contributed by atoms with Crippen molar-refractivity contribution in [3.05, 3.63) is 0 Å². The third-order valence-electron chi connectivity index (χ3n) is 4.81. The summed E-state index contributed by atoms with van der Waals surface area (Å²) in [6, 6.07) is 2.24. The Balaban J connectivity index is 4.59. The summed E-state index contributed by atoms with van der Waals surface area (Å²) in [5.41, 5.74) is 0. The number of hydrogen-bond acceptors (Lipinski definition) is 7. The van der Waals surface area contributed by atoms with E-state index in [9.17, 15) is 9.59 Å². The molecular formula is C17H48O5P2S2Si5. The fourth-order valence-electron chi connectivity index (χ4n) is 2.76. The van der Waals surface area contributed by atoms with Gasteiger partial charge in [-0.1, -0.05) is 28.5 Å². The Morgan fingerprint density at radius 1 is 0.871 bits per heavy atom. The van der Waals surface area contributed by atoms with Gasteiger partial charge < -0.3 is 22.9 Å². The summed E-state index contributed by atoms with van der Waals surface area (Å²) in [7, 11) is -1.44. The van der Waals surface area contributed by atoms with Gasteiger partial charge in [-0.2, -0.15) is 22.4 Å². The molecule has 0 rings (SSSR count). The molecule has 0 aliphatic rings. The van der Waals surface area contributed by atoms with Crippen LogP contribution in [-0.2, 0) is 13.3 Å². The first-order chi connectivity index (χ1) is 14.1. The van der Waals surface area contributed by atoms with Gasteiger partial charge in [0.15, 0.2) is 23.0 Å². The van der Waals surface area contributed by atoms with Gasteiger partial charge in [0.05, 0.1) is 0 Å². The van der Waals surface area contributed by atoms with E-state index < -0.39 is 40.3 Å². The highest BCUT2D eigenvalue weighted by Crippen LogP contribution is 2.60. The van der Waals surface area contributed by atoms with Crippen LogP contribution in [0.1, 0.15) is 6.42 Å². The molecule has 14 heteroatoms. The smallest absolute Gasteiger partial charge is 0.335 e. The van der Waals surface area contributed by atoms with Crippen molar-refractivity contribution in [2.45, 2.75) is 64.3 Å². The largest absolute Gasteiger partial charge is 0.432 e. The van der Waals surface area contributed by atoms with E-state index in [1.807, 2.05) is 20.2 Å². The summed E-state index contributed by atoms with van der Waals surface area (Å²) >= 11 is 4.31. The zero-order valence-electron chi connectivity index (χ0n) is 21.4. The second-order valence-electron chi connectivity index (χ2n) is 9.81. The van der Waals surface area contributed by atoms with Gasteiger partial charge in [-0.05, 0) is 74.3 Å². The minimum absolute atomic E-state index is 0.243. The number of rotatable bonds is 18. The van der Waals surface area contributed by atoms with Crippen LogP contribution >= 0.6 is 37.8 Å². The predicted octanol–water partition coefficient (Wildman–Crippen LogP) is 5.33. The first kappa shape index (κ1) is 33.4. The summed E-state index contributed by atoms with van der Waals surface area (Å²) in [5, 5.41) is 0. The fraction of sp³-hybridized carbons (Fsp3) is 1.00. The van der Waals surface area contributed by atoms with Crippen LogP contribution in [0.2, 0.25) is 57.9 Å². The van der Waals surface area contributed by atoms with Gasteiger partial charge in [0.25, 0.3) is 0 Å². The van der Waals surface area contributed by atoms with E-state index in [0.29, 0.717) is 0 Å². The Hall–Kier alpha value is 2.44. The molecule has 0 saturated carbocycles. The van der Waals surface area contributed by atoms with E-state index in [4.69, 9.17) is 13.3 Å². The second kappa shape index (κ2) is 15.5. The molecule has 0 amide bonds. The molecule has 188 valence electrons. The van der Waals surface area contributed by atoms with E-state index in [0.717, 1.165) is 31.6 Å². The van der Waals surface area contributed by atoms with E-state index in [1.54, 1.807) is 14.2 Å².